The standard InChI is InChI=1S/C16H22N2OS2/c1-2-21-14-5-3-4-12(15(14)16(17)20)18-8-10-6-7-13(19)11(10)9-18/h3-5,10-11,13,19H,2,6-9H2,1H3,(H2,17,20). The molecule has 1 saturated carbocycles. The number of aliphatic hydroxyl groups excluding tert-OH is 1. The van der Waals surface area contributed by atoms with Crippen LogP contribution in [0.25, 0.3) is 0 Å². The lowest BCUT2D eigenvalue weighted by Gasteiger charge is -2.24. The molecule has 3 nitrogen and oxygen atoms in total. The van der Waals surface area contributed by atoms with Crippen LogP contribution in [0.3, 0.4) is 0 Å². The van der Waals surface area contributed by atoms with Gasteiger partial charge in [0.2, 0.25) is 0 Å². The van der Waals surface area contributed by atoms with Crippen molar-refractivity contribution in [2.24, 2.45) is 17.6 Å². The van der Waals surface area contributed by atoms with Crippen LogP contribution in [0, 0.1) is 11.8 Å². The van der Waals surface area contributed by atoms with E-state index in [1.807, 2.05) is 0 Å². The van der Waals surface area contributed by atoms with Crippen LogP contribution in [0.1, 0.15) is 25.3 Å². The number of hydrogen-bond donors (Lipinski definition) is 2. The zero-order chi connectivity index (χ0) is 15.0. The predicted molar refractivity (Wildman–Crippen MR) is 93.2 cm³/mol. The van der Waals surface area contributed by atoms with E-state index in [1.54, 1.807) is 11.8 Å². The maximum Gasteiger partial charge on any atom is 0.107 e. The van der Waals surface area contributed by atoms with Crippen molar-refractivity contribution in [3.8, 4) is 0 Å². The smallest absolute Gasteiger partial charge is 0.107 e. The van der Waals surface area contributed by atoms with Crippen LogP contribution < -0.4 is 10.6 Å². The highest BCUT2D eigenvalue weighted by molar-refractivity contribution is 7.99. The molecule has 1 aromatic rings. The van der Waals surface area contributed by atoms with Gasteiger partial charge < -0.3 is 15.7 Å². The van der Waals surface area contributed by atoms with Gasteiger partial charge in [-0.3, -0.25) is 0 Å². The number of nitrogens with zero attached hydrogens (tertiary/aromatic N) is 1. The molecule has 1 aliphatic carbocycles. The summed E-state index contributed by atoms with van der Waals surface area (Å²) in [5.74, 6) is 2.02. The van der Waals surface area contributed by atoms with Crippen molar-refractivity contribution >= 4 is 34.7 Å². The third kappa shape index (κ3) is 2.79. The van der Waals surface area contributed by atoms with Gasteiger partial charge in [-0.2, -0.15) is 0 Å². The molecule has 21 heavy (non-hydrogen) atoms. The van der Waals surface area contributed by atoms with E-state index in [0.717, 1.165) is 42.9 Å². The third-order valence-electron chi connectivity index (χ3n) is 4.71. The first kappa shape index (κ1) is 15.1. The quantitative estimate of drug-likeness (QED) is 0.659. The largest absolute Gasteiger partial charge is 0.393 e. The van der Waals surface area contributed by atoms with E-state index in [4.69, 9.17) is 18.0 Å². The van der Waals surface area contributed by atoms with Gasteiger partial charge in [0.15, 0.2) is 0 Å². The molecule has 3 N–H and O–H groups in total. The molecule has 2 aliphatic rings. The molecule has 0 radical (unpaired) electrons. The van der Waals surface area contributed by atoms with Gasteiger partial charge in [0.05, 0.1) is 6.10 Å². The Morgan fingerprint density at radius 2 is 2.24 bits per heavy atom. The Morgan fingerprint density at radius 1 is 1.43 bits per heavy atom. The summed E-state index contributed by atoms with van der Waals surface area (Å²) in [6.07, 6.45) is 1.95. The molecule has 3 atom stereocenters. The van der Waals surface area contributed by atoms with Crippen LogP contribution in [-0.2, 0) is 0 Å². The van der Waals surface area contributed by atoms with Crippen molar-refractivity contribution in [3.63, 3.8) is 0 Å². The number of benzene rings is 1. The fourth-order valence-electron chi connectivity index (χ4n) is 3.74. The Hall–Kier alpha value is -0.780. The molecule has 3 unspecified atom stereocenters. The molecule has 114 valence electrons. The van der Waals surface area contributed by atoms with Crippen molar-refractivity contribution < 1.29 is 5.11 Å². The number of rotatable bonds is 4. The Morgan fingerprint density at radius 3 is 2.90 bits per heavy atom. The van der Waals surface area contributed by atoms with Crippen LogP contribution in [0.4, 0.5) is 5.69 Å². The highest BCUT2D eigenvalue weighted by atomic mass is 32.2. The minimum Gasteiger partial charge on any atom is -0.393 e. The first-order chi connectivity index (χ1) is 10.1. The molecular weight excluding hydrogens is 300 g/mol. The van der Waals surface area contributed by atoms with Gasteiger partial charge in [-0.25, -0.2) is 0 Å². The molecule has 0 aromatic heterocycles. The van der Waals surface area contributed by atoms with Crippen LogP contribution in [0.5, 0.6) is 0 Å². The lowest BCUT2D eigenvalue weighted by Crippen LogP contribution is -2.27. The van der Waals surface area contributed by atoms with Crippen molar-refractivity contribution in [2.45, 2.75) is 30.8 Å². The minimum atomic E-state index is -0.138. The summed E-state index contributed by atoms with van der Waals surface area (Å²) in [4.78, 5) is 4.01. The number of hydrogen-bond acceptors (Lipinski definition) is 4. The van der Waals surface area contributed by atoms with Crippen LogP contribution >= 0.6 is 24.0 Å². The van der Waals surface area contributed by atoms with E-state index >= 15 is 0 Å². The number of aliphatic hydroxyl groups is 1. The molecule has 0 amide bonds. The zero-order valence-electron chi connectivity index (χ0n) is 12.3. The first-order valence-electron chi connectivity index (χ1n) is 7.60. The minimum absolute atomic E-state index is 0.138. The van der Waals surface area contributed by atoms with E-state index in [1.165, 1.54) is 4.90 Å². The molecule has 1 heterocycles. The van der Waals surface area contributed by atoms with Crippen molar-refractivity contribution in [2.75, 3.05) is 23.7 Å². The number of thiocarbonyl (C=S) groups is 1. The zero-order valence-corrected chi connectivity index (χ0v) is 13.9. The Balaban J connectivity index is 1.92. The van der Waals surface area contributed by atoms with E-state index in [0.29, 0.717) is 16.8 Å². The normalized spacial score (nSPS) is 27.9. The number of thioether (sulfide) groups is 1. The second-order valence-corrected chi connectivity index (χ2v) is 7.67. The maximum absolute atomic E-state index is 10.1. The van der Waals surface area contributed by atoms with Gasteiger partial charge in [0.25, 0.3) is 0 Å². The van der Waals surface area contributed by atoms with Crippen molar-refractivity contribution in [3.05, 3.63) is 23.8 Å². The Labute approximate surface area is 135 Å². The SMILES string of the molecule is CCSc1cccc(N2CC3CCC(O)C3C2)c1C(N)=S. The van der Waals surface area contributed by atoms with Crippen molar-refractivity contribution in [1.29, 1.82) is 0 Å². The van der Waals surface area contributed by atoms with Gasteiger partial charge in [-0.05, 0) is 36.6 Å². The molecular formula is C16H22N2OS2. The maximum atomic E-state index is 10.1. The van der Waals surface area contributed by atoms with Crippen LogP contribution in [-0.4, -0.2) is 35.0 Å². The van der Waals surface area contributed by atoms with Gasteiger partial charge >= 0.3 is 0 Å². The van der Waals surface area contributed by atoms with Gasteiger partial charge in [-0.15, -0.1) is 11.8 Å². The van der Waals surface area contributed by atoms with E-state index in [-0.39, 0.29) is 6.10 Å². The van der Waals surface area contributed by atoms with Crippen LogP contribution in [0.2, 0.25) is 0 Å². The summed E-state index contributed by atoms with van der Waals surface area (Å²) >= 11 is 7.08. The summed E-state index contributed by atoms with van der Waals surface area (Å²) in [5.41, 5.74) is 8.15. The summed E-state index contributed by atoms with van der Waals surface area (Å²) < 4.78 is 0. The van der Waals surface area contributed by atoms with Crippen LogP contribution in [0.15, 0.2) is 23.1 Å². The monoisotopic (exact) mass is 322 g/mol. The second kappa shape index (κ2) is 6.15. The fourth-order valence-corrected chi connectivity index (χ4v) is 4.86. The topological polar surface area (TPSA) is 49.5 Å². The molecule has 1 aliphatic heterocycles. The lowest BCUT2D eigenvalue weighted by molar-refractivity contribution is 0.133. The fraction of sp³-hybridized carbons (Fsp3) is 0.562. The molecule has 1 aromatic carbocycles. The van der Waals surface area contributed by atoms with Crippen molar-refractivity contribution in [1.82, 2.24) is 0 Å². The number of anilines is 1. The average molecular weight is 322 g/mol. The Bertz CT molecular complexity index is 549. The van der Waals surface area contributed by atoms with Gasteiger partial charge in [-0.1, -0.05) is 25.2 Å². The number of nitrogens with two attached hydrogens (primary N) is 1. The first-order valence-corrected chi connectivity index (χ1v) is 8.99. The lowest BCUT2D eigenvalue weighted by atomic mass is 10.00. The van der Waals surface area contributed by atoms with Gasteiger partial charge in [0.1, 0.15) is 4.99 Å². The summed E-state index contributed by atoms with van der Waals surface area (Å²) in [5, 5.41) is 10.1. The number of fused-ring (bicyclic) bond motifs is 1. The molecule has 3 rings (SSSR count). The molecule has 2 fully saturated rings. The van der Waals surface area contributed by atoms with Gasteiger partial charge in [0, 0.05) is 35.2 Å². The molecule has 5 heteroatoms. The molecule has 1 saturated heterocycles. The summed E-state index contributed by atoms with van der Waals surface area (Å²) in [6, 6.07) is 6.29. The van der Waals surface area contributed by atoms with E-state index in [2.05, 4.69) is 30.0 Å². The third-order valence-corrected chi connectivity index (χ3v) is 5.85. The van der Waals surface area contributed by atoms with E-state index in [9.17, 15) is 5.11 Å². The summed E-state index contributed by atoms with van der Waals surface area (Å²) in [7, 11) is 0. The molecule has 0 bridgehead atoms. The summed E-state index contributed by atoms with van der Waals surface area (Å²) in [6.45, 7) is 4.07. The Kier molecular flexibility index (Phi) is 4.43. The highest BCUT2D eigenvalue weighted by Crippen LogP contribution is 2.41. The molecule has 0 spiro atoms. The highest BCUT2D eigenvalue weighted by Gasteiger charge is 2.42. The predicted octanol–water partition coefficient (Wildman–Crippen LogP) is 2.64. The van der Waals surface area contributed by atoms with E-state index < -0.39 is 0 Å². The second-order valence-electron chi connectivity index (χ2n) is 5.92. The average Bonchev–Trinajstić information content (AvgIpc) is 3.01.